The molecular formula is C22H17N3O5S. The fourth-order valence-electron chi connectivity index (χ4n) is 3.36. The van der Waals surface area contributed by atoms with Gasteiger partial charge in [0.1, 0.15) is 0 Å². The number of rotatable bonds is 6. The number of carbonyl (C=O) groups excluding carboxylic acids is 1. The van der Waals surface area contributed by atoms with Crippen LogP contribution in [0.3, 0.4) is 0 Å². The smallest absolute Gasteiger partial charge is 0.335 e. The maximum absolute atomic E-state index is 13.0. The number of nitro benzene ring substituents is 1. The average molecular weight is 435 g/mol. The molecule has 3 aromatic rings. The molecule has 0 saturated heterocycles. The van der Waals surface area contributed by atoms with Crippen molar-refractivity contribution in [2.24, 2.45) is 11.0 Å². The van der Waals surface area contributed by atoms with Gasteiger partial charge in [0.2, 0.25) is 0 Å². The topological polar surface area (TPSA) is 113 Å². The van der Waals surface area contributed by atoms with Gasteiger partial charge >= 0.3 is 5.97 Å². The number of hydrogen-bond acceptors (Lipinski definition) is 6. The lowest BCUT2D eigenvalue weighted by Crippen LogP contribution is -2.28. The van der Waals surface area contributed by atoms with E-state index in [0.717, 1.165) is 15.3 Å². The highest BCUT2D eigenvalue weighted by atomic mass is 32.1. The maximum atomic E-state index is 13.0. The van der Waals surface area contributed by atoms with E-state index in [0.29, 0.717) is 17.8 Å². The van der Waals surface area contributed by atoms with E-state index in [9.17, 15) is 19.7 Å². The first-order chi connectivity index (χ1) is 14.8. The van der Waals surface area contributed by atoms with Crippen LogP contribution in [0, 0.1) is 16.0 Å². The lowest BCUT2D eigenvalue weighted by molar-refractivity contribution is -0.384. The van der Waals surface area contributed by atoms with E-state index in [-0.39, 0.29) is 17.2 Å². The quantitative estimate of drug-likeness (QED) is 0.449. The zero-order valence-electron chi connectivity index (χ0n) is 16.4. The largest absolute Gasteiger partial charge is 0.478 e. The van der Waals surface area contributed by atoms with Crippen molar-refractivity contribution in [1.82, 2.24) is 0 Å². The Morgan fingerprint density at radius 2 is 1.81 bits per heavy atom. The number of nitrogens with zero attached hydrogens (tertiary/aromatic N) is 3. The minimum atomic E-state index is -1.03. The van der Waals surface area contributed by atoms with Crippen LogP contribution in [0.1, 0.15) is 22.2 Å². The second kappa shape index (κ2) is 8.11. The van der Waals surface area contributed by atoms with Gasteiger partial charge in [0.15, 0.2) is 0 Å². The van der Waals surface area contributed by atoms with Crippen molar-refractivity contribution in [3.05, 3.63) is 81.2 Å². The van der Waals surface area contributed by atoms with Gasteiger partial charge in [-0.1, -0.05) is 0 Å². The molecule has 0 saturated carbocycles. The molecule has 31 heavy (non-hydrogen) atoms. The van der Waals surface area contributed by atoms with E-state index in [4.69, 9.17) is 5.11 Å². The molecule has 0 aliphatic carbocycles. The number of carboxylic acids is 1. The number of benzene rings is 2. The zero-order chi connectivity index (χ0) is 22.1. The highest BCUT2D eigenvalue weighted by molar-refractivity contribution is 7.15. The first kappa shape index (κ1) is 20.4. The fraction of sp³-hybridized carbons (Fsp3) is 0.136. The number of carboxylic acid groups (broad SMARTS) is 1. The Kier molecular flexibility index (Phi) is 5.35. The predicted octanol–water partition coefficient (Wildman–Crippen LogP) is 4.60. The van der Waals surface area contributed by atoms with Crippen LogP contribution in [0.2, 0.25) is 0 Å². The number of thiophene rings is 1. The second-order valence-electron chi connectivity index (χ2n) is 7.07. The minimum Gasteiger partial charge on any atom is -0.478 e. The molecule has 0 bridgehead atoms. The molecule has 4 rings (SSSR count). The van der Waals surface area contributed by atoms with Crippen molar-refractivity contribution in [3.63, 3.8) is 0 Å². The van der Waals surface area contributed by atoms with Crippen LogP contribution in [0.5, 0.6) is 0 Å². The summed E-state index contributed by atoms with van der Waals surface area (Å²) in [5.41, 5.74) is 2.28. The van der Waals surface area contributed by atoms with E-state index < -0.39 is 16.8 Å². The van der Waals surface area contributed by atoms with Gasteiger partial charge in [-0.25, -0.2) is 9.80 Å². The average Bonchev–Trinajstić information content (AvgIpc) is 3.34. The Hall–Kier alpha value is -3.85. The number of hydrogen-bond donors (Lipinski definition) is 1. The number of nitro groups is 1. The molecule has 1 aliphatic rings. The van der Waals surface area contributed by atoms with E-state index in [1.165, 1.54) is 40.6 Å². The van der Waals surface area contributed by atoms with Gasteiger partial charge in [0, 0.05) is 27.6 Å². The highest BCUT2D eigenvalue weighted by Gasteiger charge is 2.34. The summed E-state index contributed by atoms with van der Waals surface area (Å²) in [5.74, 6) is -1.59. The van der Waals surface area contributed by atoms with Crippen molar-refractivity contribution in [3.8, 4) is 10.4 Å². The number of hydrazone groups is 1. The van der Waals surface area contributed by atoms with E-state index in [1.807, 2.05) is 12.1 Å². The number of carbonyl (C=O) groups is 2. The third kappa shape index (κ3) is 4.08. The van der Waals surface area contributed by atoms with Crippen molar-refractivity contribution in [1.29, 1.82) is 0 Å². The molecule has 0 radical (unpaired) electrons. The Morgan fingerprint density at radius 1 is 1.13 bits per heavy atom. The maximum Gasteiger partial charge on any atom is 0.335 e. The summed E-state index contributed by atoms with van der Waals surface area (Å²) in [6.45, 7) is 1.80. The SMILES string of the molecule is CC1=NN(c2ccc(C(=O)O)cc2)C(=O)C1Cc1ccc(-c2ccc([N+](=O)[O-])cc2)s1. The Balaban J connectivity index is 1.49. The molecule has 156 valence electrons. The number of amides is 1. The Bertz CT molecular complexity index is 1200. The van der Waals surface area contributed by atoms with Crippen molar-refractivity contribution >= 4 is 40.3 Å². The third-order valence-corrected chi connectivity index (χ3v) is 6.21. The molecule has 1 atom stereocenters. The van der Waals surface area contributed by atoms with Gasteiger partial charge in [-0.2, -0.15) is 5.10 Å². The summed E-state index contributed by atoms with van der Waals surface area (Å²) in [6.07, 6.45) is 0.496. The third-order valence-electron chi connectivity index (χ3n) is 5.06. The van der Waals surface area contributed by atoms with Gasteiger partial charge in [0.25, 0.3) is 11.6 Å². The van der Waals surface area contributed by atoms with Gasteiger partial charge in [-0.15, -0.1) is 11.3 Å². The van der Waals surface area contributed by atoms with Crippen LogP contribution in [-0.4, -0.2) is 27.6 Å². The Morgan fingerprint density at radius 3 is 2.42 bits per heavy atom. The normalized spacial score (nSPS) is 15.8. The van der Waals surface area contributed by atoms with Crippen LogP contribution in [0.25, 0.3) is 10.4 Å². The van der Waals surface area contributed by atoms with Gasteiger partial charge in [0.05, 0.1) is 22.1 Å². The Labute approximate surface area is 181 Å². The first-order valence-corrected chi connectivity index (χ1v) is 10.2. The summed E-state index contributed by atoms with van der Waals surface area (Å²) in [4.78, 5) is 36.3. The van der Waals surface area contributed by atoms with Gasteiger partial charge < -0.3 is 5.11 Å². The number of anilines is 1. The highest BCUT2D eigenvalue weighted by Crippen LogP contribution is 2.33. The summed E-state index contributed by atoms with van der Waals surface area (Å²) in [7, 11) is 0. The molecule has 2 aromatic carbocycles. The van der Waals surface area contributed by atoms with Crippen LogP contribution in [-0.2, 0) is 11.2 Å². The monoisotopic (exact) mass is 435 g/mol. The van der Waals surface area contributed by atoms with Gasteiger partial charge in [-0.05, 0) is 67.4 Å². The molecular weight excluding hydrogens is 418 g/mol. The van der Waals surface area contributed by atoms with Crippen molar-refractivity contribution in [2.45, 2.75) is 13.3 Å². The van der Waals surface area contributed by atoms with E-state index >= 15 is 0 Å². The molecule has 1 amide bonds. The zero-order valence-corrected chi connectivity index (χ0v) is 17.2. The molecule has 1 aliphatic heterocycles. The van der Waals surface area contributed by atoms with Crippen molar-refractivity contribution < 1.29 is 19.6 Å². The molecule has 1 aromatic heterocycles. The summed E-state index contributed by atoms with van der Waals surface area (Å²) in [6, 6.07) is 16.3. The number of aromatic carboxylic acids is 1. The summed E-state index contributed by atoms with van der Waals surface area (Å²) >= 11 is 1.53. The first-order valence-electron chi connectivity index (χ1n) is 9.39. The molecule has 0 spiro atoms. The summed E-state index contributed by atoms with van der Waals surface area (Å²) < 4.78 is 0. The molecule has 2 heterocycles. The fourth-order valence-corrected chi connectivity index (χ4v) is 4.42. The minimum absolute atomic E-state index is 0.0420. The van der Waals surface area contributed by atoms with Crippen molar-refractivity contribution in [2.75, 3.05) is 5.01 Å². The molecule has 8 nitrogen and oxygen atoms in total. The summed E-state index contributed by atoms with van der Waals surface area (Å²) in [5, 5.41) is 25.5. The van der Waals surface area contributed by atoms with Crippen LogP contribution in [0.15, 0.2) is 65.8 Å². The van der Waals surface area contributed by atoms with E-state index in [2.05, 4.69) is 5.10 Å². The predicted molar refractivity (Wildman–Crippen MR) is 118 cm³/mol. The lowest BCUT2D eigenvalue weighted by Gasteiger charge is -2.14. The van der Waals surface area contributed by atoms with Gasteiger partial charge in [-0.3, -0.25) is 14.9 Å². The second-order valence-corrected chi connectivity index (χ2v) is 8.24. The van der Waals surface area contributed by atoms with Crippen LogP contribution in [0.4, 0.5) is 11.4 Å². The van der Waals surface area contributed by atoms with E-state index in [1.54, 1.807) is 31.2 Å². The molecule has 9 heteroatoms. The lowest BCUT2D eigenvalue weighted by atomic mass is 9.99. The van der Waals surface area contributed by atoms with Crippen LogP contribution >= 0.6 is 11.3 Å². The number of non-ortho nitro benzene ring substituents is 1. The molecule has 0 fully saturated rings. The van der Waals surface area contributed by atoms with Crippen LogP contribution < -0.4 is 5.01 Å². The molecule has 1 unspecified atom stereocenters. The molecule has 1 N–H and O–H groups in total. The standard InChI is InChI=1S/C22H17N3O5S/c1-13-19(21(26)24(23-13)16-6-4-15(5-7-16)22(27)28)12-18-10-11-20(31-18)14-2-8-17(9-3-14)25(29)30/h2-11,19H,12H2,1H3,(H,27,28).